The molecule has 0 aromatic heterocycles. The lowest BCUT2D eigenvalue weighted by Crippen LogP contribution is -1.93. The SMILES string of the molecule is C#CCc1cc2ccccc2cc1C/C=C/OC. The van der Waals surface area contributed by atoms with E-state index in [0.717, 1.165) is 6.42 Å². The van der Waals surface area contributed by atoms with E-state index in [-0.39, 0.29) is 0 Å². The summed E-state index contributed by atoms with van der Waals surface area (Å²) >= 11 is 0. The highest BCUT2D eigenvalue weighted by Crippen LogP contribution is 2.21. The second kappa shape index (κ2) is 5.93. The van der Waals surface area contributed by atoms with Gasteiger partial charge in [-0.2, -0.15) is 0 Å². The minimum atomic E-state index is 0.668. The molecule has 0 aliphatic rings. The number of hydrogen-bond acceptors (Lipinski definition) is 1. The van der Waals surface area contributed by atoms with Crippen LogP contribution in [-0.4, -0.2) is 7.11 Å². The van der Waals surface area contributed by atoms with Crippen molar-refractivity contribution in [2.45, 2.75) is 12.8 Å². The first-order valence-corrected chi connectivity index (χ1v) is 5.97. The minimum absolute atomic E-state index is 0.668. The summed E-state index contributed by atoms with van der Waals surface area (Å²) in [6, 6.07) is 12.7. The summed E-state index contributed by atoms with van der Waals surface area (Å²) in [6.07, 6.45) is 10.7. The Labute approximate surface area is 108 Å². The Balaban J connectivity index is 2.44. The molecule has 0 bridgehead atoms. The van der Waals surface area contributed by atoms with Crippen molar-refractivity contribution in [1.82, 2.24) is 0 Å². The highest BCUT2D eigenvalue weighted by molar-refractivity contribution is 5.84. The van der Waals surface area contributed by atoms with Crippen molar-refractivity contribution >= 4 is 10.8 Å². The molecular formula is C17H16O. The first kappa shape index (κ1) is 12.3. The van der Waals surface area contributed by atoms with Crippen LogP contribution in [0.1, 0.15) is 11.1 Å². The molecule has 0 radical (unpaired) electrons. The molecule has 18 heavy (non-hydrogen) atoms. The van der Waals surface area contributed by atoms with E-state index in [9.17, 15) is 0 Å². The predicted molar refractivity (Wildman–Crippen MR) is 76.3 cm³/mol. The van der Waals surface area contributed by atoms with Crippen molar-refractivity contribution in [3.05, 3.63) is 59.9 Å². The van der Waals surface area contributed by atoms with Crippen LogP contribution in [-0.2, 0) is 17.6 Å². The van der Waals surface area contributed by atoms with Crippen molar-refractivity contribution in [3.63, 3.8) is 0 Å². The molecule has 2 rings (SSSR count). The van der Waals surface area contributed by atoms with Gasteiger partial charge in [0.05, 0.1) is 13.4 Å². The Morgan fingerprint density at radius 2 is 1.83 bits per heavy atom. The summed E-state index contributed by atoms with van der Waals surface area (Å²) in [5.41, 5.74) is 2.48. The van der Waals surface area contributed by atoms with Crippen molar-refractivity contribution < 1.29 is 4.74 Å². The lowest BCUT2D eigenvalue weighted by molar-refractivity contribution is 0.337. The van der Waals surface area contributed by atoms with Gasteiger partial charge in [0, 0.05) is 6.42 Å². The summed E-state index contributed by atoms with van der Waals surface area (Å²) in [7, 11) is 1.65. The zero-order valence-corrected chi connectivity index (χ0v) is 10.5. The molecule has 0 amide bonds. The Kier molecular flexibility index (Phi) is 4.04. The molecule has 0 saturated heterocycles. The summed E-state index contributed by atoms with van der Waals surface area (Å²) in [6.45, 7) is 0. The number of hydrogen-bond donors (Lipinski definition) is 0. The summed E-state index contributed by atoms with van der Waals surface area (Å²) in [5.74, 6) is 2.72. The van der Waals surface area contributed by atoms with Crippen molar-refractivity contribution in [2.75, 3.05) is 7.11 Å². The molecule has 1 heteroatoms. The molecule has 2 aromatic carbocycles. The molecule has 0 spiro atoms. The van der Waals surface area contributed by atoms with Crippen LogP contribution in [0.15, 0.2) is 48.7 Å². The van der Waals surface area contributed by atoms with E-state index in [4.69, 9.17) is 11.2 Å². The van der Waals surface area contributed by atoms with Crippen molar-refractivity contribution in [1.29, 1.82) is 0 Å². The molecule has 0 saturated carbocycles. The molecule has 90 valence electrons. The van der Waals surface area contributed by atoms with E-state index in [2.05, 4.69) is 36.3 Å². The Hall–Kier alpha value is -2.20. The van der Waals surface area contributed by atoms with Gasteiger partial charge in [0.2, 0.25) is 0 Å². The minimum Gasteiger partial charge on any atom is -0.505 e. The molecule has 0 heterocycles. The highest BCUT2D eigenvalue weighted by atomic mass is 16.5. The van der Waals surface area contributed by atoms with Gasteiger partial charge >= 0.3 is 0 Å². The zero-order chi connectivity index (χ0) is 12.8. The Bertz CT molecular complexity index is 603. The van der Waals surface area contributed by atoms with Gasteiger partial charge in [0.1, 0.15) is 0 Å². The topological polar surface area (TPSA) is 9.23 Å². The number of fused-ring (bicyclic) bond motifs is 1. The fourth-order valence-electron chi connectivity index (χ4n) is 2.07. The molecule has 0 unspecified atom stereocenters. The standard InChI is InChI=1S/C17H16O/c1-3-7-14-12-15-8-4-5-9-16(15)13-17(14)10-6-11-18-2/h1,4-6,8-9,11-13H,7,10H2,2H3/b11-6+. The number of methoxy groups -OCH3 is 1. The van der Waals surface area contributed by atoms with Crippen LogP contribution in [0.3, 0.4) is 0 Å². The van der Waals surface area contributed by atoms with Gasteiger partial charge in [0.25, 0.3) is 0 Å². The van der Waals surface area contributed by atoms with Gasteiger partial charge in [-0.1, -0.05) is 30.3 Å². The number of terminal acetylenes is 1. The molecule has 2 aromatic rings. The quantitative estimate of drug-likeness (QED) is 0.580. The Morgan fingerprint density at radius 3 is 2.44 bits per heavy atom. The monoisotopic (exact) mass is 236 g/mol. The van der Waals surface area contributed by atoms with E-state index >= 15 is 0 Å². The average molecular weight is 236 g/mol. The summed E-state index contributed by atoms with van der Waals surface area (Å²) in [5, 5.41) is 2.49. The third-order valence-electron chi connectivity index (χ3n) is 2.93. The molecular weight excluding hydrogens is 220 g/mol. The fraction of sp³-hybridized carbons (Fsp3) is 0.176. The van der Waals surface area contributed by atoms with E-state index in [1.165, 1.54) is 21.9 Å². The summed E-state index contributed by atoms with van der Waals surface area (Å²) in [4.78, 5) is 0. The summed E-state index contributed by atoms with van der Waals surface area (Å²) < 4.78 is 4.93. The molecule has 0 aliphatic heterocycles. The molecule has 0 aliphatic carbocycles. The third kappa shape index (κ3) is 2.73. The maximum atomic E-state index is 5.44. The van der Waals surface area contributed by atoms with Gasteiger partial charge in [-0.15, -0.1) is 12.3 Å². The number of ether oxygens (including phenoxy) is 1. The first-order valence-electron chi connectivity index (χ1n) is 5.97. The predicted octanol–water partition coefficient (Wildman–Crippen LogP) is 3.72. The number of benzene rings is 2. The average Bonchev–Trinajstić information content (AvgIpc) is 2.40. The normalized spacial score (nSPS) is 10.7. The van der Waals surface area contributed by atoms with Crippen molar-refractivity contribution in [3.8, 4) is 12.3 Å². The zero-order valence-electron chi connectivity index (χ0n) is 10.5. The highest BCUT2D eigenvalue weighted by Gasteiger charge is 2.03. The van der Waals surface area contributed by atoms with Gasteiger partial charge in [-0.05, 0) is 40.5 Å². The third-order valence-corrected chi connectivity index (χ3v) is 2.93. The van der Waals surface area contributed by atoms with Gasteiger partial charge in [0.15, 0.2) is 0 Å². The van der Waals surface area contributed by atoms with E-state index in [0.29, 0.717) is 6.42 Å². The van der Waals surface area contributed by atoms with Gasteiger partial charge < -0.3 is 4.74 Å². The fourth-order valence-corrected chi connectivity index (χ4v) is 2.07. The molecule has 0 fully saturated rings. The van der Waals surface area contributed by atoms with Crippen LogP contribution in [0.25, 0.3) is 10.8 Å². The first-order chi connectivity index (χ1) is 8.85. The lowest BCUT2D eigenvalue weighted by atomic mass is 9.97. The van der Waals surface area contributed by atoms with Crippen LogP contribution in [0, 0.1) is 12.3 Å². The van der Waals surface area contributed by atoms with Gasteiger partial charge in [-0.25, -0.2) is 0 Å². The van der Waals surface area contributed by atoms with Crippen LogP contribution in [0.4, 0.5) is 0 Å². The van der Waals surface area contributed by atoms with Crippen LogP contribution in [0.5, 0.6) is 0 Å². The lowest BCUT2D eigenvalue weighted by Gasteiger charge is -2.08. The Morgan fingerprint density at radius 1 is 1.17 bits per heavy atom. The van der Waals surface area contributed by atoms with Crippen LogP contribution >= 0.6 is 0 Å². The van der Waals surface area contributed by atoms with E-state index in [1.807, 2.05) is 12.1 Å². The maximum Gasteiger partial charge on any atom is 0.0788 e. The molecule has 0 N–H and O–H groups in total. The molecule has 0 atom stereocenters. The second-order valence-electron chi connectivity index (χ2n) is 4.16. The van der Waals surface area contributed by atoms with Gasteiger partial charge in [-0.3, -0.25) is 0 Å². The second-order valence-corrected chi connectivity index (χ2v) is 4.16. The van der Waals surface area contributed by atoms with Crippen LogP contribution < -0.4 is 0 Å². The molecule has 1 nitrogen and oxygen atoms in total. The van der Waals surface area contributed by atoms with Crippen molar-refractivity contribution in [2.24, 2.45) is 0 Å². The smallest absolute Gasteiger partial charge is 0.0788 e. The van der Waals surface area contributed by atoms with E-state index in [1.54, 1.807) is 13.4 Å². The van der Waals surface area contributed by atoms with Crippen LogP contribution in [0.2, 0.25) is 0 Å². The van der Waals surface area contributed by atoms with E-state index < -0.39 is 0 Å². The number of allylic oxidation sites excluding steroid dienone is 1. The maximum absolute atomic E-state index is 5.44. The largest absolute Gasteiger partial charge is 0.505 e. The number of rotatable bonds is 4.